The smallest absolute Gasteiger partial charge is 0.269 e. The molecule has 3 aromatic carbocycles. The van der Waals surface area contributed by atoms with Crippen molar-refractivity contribution >= 4 is 29.6 Å². The number of carbonyl (C=O) groups excluding carboxylic acids is 1. The maximum absolute atomic E-state index is 12.5. The Balaban J connectivity index is 1.51. The van der Waals surface area contributed by atoms with Gasteiger partial charge in [-0.3, -0.25) is 19.5 Å². The predicted octanol–water partition coefficient (Wildman–Crippen LogP) is 5.39. The van der Waals surface area contributed by atoms with Crippen molar-refractivity contribution < 1.29 is 14.5 Å². The minimum atomic E-state index is -0.475. The lowest BCUT2D eigenvalue weighted by Crippen LogP contribution is -2.20. The van der Waals surface area contributed by atoms with Crippen LogP contribution in [0.1, 0.15) is 31.9 Å². The number of nitro groups is 1. The molecule has 11 heteroatoms. The predicted molar refractivity (Wildman–Crippen MR) is 152 cm³/mol. The van der Waals surface area contributed by atoms with Crippen LogP contribution in [0.3, 0.4) is 0 Å². The molecule has 1 amide bonds. The van der Waals surface area contributed by atoms with Crippen LogP contribution >= 0.6 is 11.8 Å². The maximum Gasteiger partial charge on any atom is 0.269 e. The van der Waals surface area contributed by atoms with Crippen molar-refractivity contribution in [3.63, 3.8) is 0 Å². The first-order chi connectivity index (χ1) is 18.7. The maximum atomic E-state index is 12.5. The number of hydrogen-bond acceptors (Lipinski definition) is 8. The molecule has 4 aromatic rings. The van der Waals surface area contributed by atoms with Crippen LogP contribution in [0.2, 0.25) is 0 Å². The van der Waals surface area contributed by atoms with Crippen LogP contribution in [0.25, 0.3) is 17.1 Å². The fraction of sp³-hybridized carbons (Fsp3) is 0.214. The van der Waals surface area contributed by atoms with Crippen molar-refractivity contribution in [2.24, 2.45) is 5.10 Å². The fourth-order valence-electron chi connectivity index (χ4n) is 3.66. The zero-order valence-corrected chi connectivity index (χ0v) is 22.8. The van der Waals surface area contributed by atoms with E-state index in [-0.39, 0.29) is 22.8 Å². The van der Waals surface area contributed by atoms with Crippen molar-refractivity contribution in [1.29, 1.82) is 0 Å². The van der Waals surface area contributed by atoms with E-state index in [4.69, 9.17) is 4.74 Å². The Morgan fingerprint density at radius 3 is 2.31 bits per heavy atom. The van der Waals surface area contributed by atoms with Crippen molar-refractivity contribution in [3.05, 3.63) is 94.0 Å². The van der Waals surface area contributed by atoms with Crippen molar-refractivity contribution in [1.82, 2.24) is 20.2 Å². The van der Waals surface area contributed by atoms with Gasteiger partial charge in [0.25, 0.3) is 11.6 Å². The van der Waals surface area contributed by atoms with Crippen molar-refractivity contribution in [3.8, 4) is 22.8 Å². The van der Waals surface area contributed by atoms with E-state index in [9.17, 15) is 14.9 Å². The van der Waals surface area contributed by atoms with Gasteiger partial charge in [0.05, 0.1) is 24.0 Å². The number of non-ortho nitro benzene ring substituents is 1. The van der Waals surface area contributed by atoms with Gasteiger partial charge in [-0.25, -0.2) is 5.43 Å². The lowest BCUT2D eigenvalue weighted by Gasteiger charge is -2.19. The van der Waals surface area contributed by atoms with Gasteiger partial charge in [0.1, 0.15) is 5.75 Å². The summed E-state index contributed by atoms with van der Waals surface area (Å²) in [6.45, 7) is 6.49. The van der Waals surface area contributed by atoms with Gasteiger partial charge < -0.3 is 4.74 Å². The molecule has 1 heterocycles. The number of ether oxygens (including phenoxy) is 1. The second-order valence-electron chi connectivity index (χ2n) is 9.60. The SMILES string of the molecule is COc1ccc(-n2c(SCC(=O)N/N=C\c3ccc([N+](=O)[O-])cc3)nnc2-c2ccc(C(C)(C)C)cc2)cc1. The third kappa shape index (κ3) is 6.88. The van der Waals surface area contributed by atoms with E-state index in [1.165, 1.54) is 35.7 Å². The Hall–Kier alpha value is -4.51. The standard InChI is InChI=1S/C28H28N6O4S/c1-28(2,3)21-9-7-20(8-10-21)26-31-32-27(33(26)22-13-15-24(38-4)16-14-22)39-18-25(35)30-29-17-19-5-11-23(12-6-19)34(36)37/h5-17H,18H2,1-4H3,(H,30,35)/b29-17-. The lowest BCUT2D eigenvalue weighted by molar-refractivity contribution is -0.384. The van der Waals surface area contributed by atoms with Gasteiger partial charge in [-0.2, -0.15) is 5.10 Å². The second kappa shape index (κ2) is 11.9. The number of nitrogens with one attached hydrogen (secondary N) is 1. The van der Waals surface area contributed by atoms with Crippen LogP contribution in [0.4, 0.5) is 5.69 Å². The second-order valence-corrected chi connectivity index (χ2v) is 10.5. The highest BCUT2D eigenvalue weighted by atomic mass is 32.2. The number of hydrogen-bond donors (Lipinski definition) is 1. The summed E-state index contributed by atoms with van der Waals surface area (Å²) in [5, 5.41) is 24.1. The number of methoxy groups -OCH3 is 1. The summed E-state index contributed by atoms with van der Waals surface area (Å²) in [4.78, 5) is 22.8. The molecule has 0 saturated carbocycles. The molecule has 0 bridgehead atoms. The summed E-state index contributed by atoms with van der Waals surface area (Å²) in [7, 11) is 1.61. The third-order valence-corrected chi connectivity index (χ3v) is 6.74. The number of nitrogens with zero attached hydrogens (tertiary/aromatic N) is 5. The van der Waals surface area contributed by atoms with Crippen molar-refractivity contribution in [2.45, 2.75) is 31.3 Å². The van der Waals surface area contributed by atoms with E-state index in [1.807, 2.05) is 41.0 Å². The molecule has 4 rings (SSSR count). The summed E-state index contributed by atoms with van der Waals surface area (Å²) in [5.74, 6) is 1.09. The van der Waals surface area contributed by atoms with E-state index in [1.54, 1.807) is 19.2 Å². The summed E-state index contributed by atoms with van der Waals surface area (Å²) < 4.78 is 7.21. The first kappa shape index (κ1) is 27.5. The molecule has 39 heavy (non-hydrogen) atoms. The molecule has 1 aromatic heterocycles. The van der Waals surface area contributed by atoms with Crippen molar-refractivity contribution in [2.75, 3.05) is 12.9 Å². The normalized spacial score (nSPS) is 11.5. The van der Waals surface area contributed by atoms with Gasteiger partial charge >= 0.3 is 0 Å². The number of thioether (sulfide) groups is 1. The fourth-order valence-corrected chi connectivity index (χ4v) is 4.40. The Morgan fingerprint density at radius 2 is 1.72 bits per heavy atom. The quantitative estimate of drug-likeness (QED) is 0.130. The zero-order chi connectivity index (χ0) is 28.0. The number of benzene rings is 3. The van der Waals surface area contributed by atoms with Crippen LogP contribution in [0, 0.1) is 10.1 Å². The van der Waals surface area contributed by atoms with E-state index < -0.39 is 4.92 Å². The largest absolute Gasteiger partial charge is 0.497 e. The van der Waals surface area contributed by atoms with Crippen LogP contribution < -0.4 is 10.2 Å². The minimum absolute atomic E-state index is 0.0157. The molecule has 0 fully saturated rings. The first-order valence-corrected chi connectivity index (χ1v) is 13.0. The molecule has 0 radical (unpaired) electrons. The van der Waals surface area contributed by atoms with Gasteiger partial charge in [-0.1, -0.05) is 56.8 Å². The number of hydrazone groups is 1. The van der Waals surface area contributed by atoms with Crippen LogP contribution in [0.15, 0.2) is 83.1 Å². The van der Waals surface area contributed by atoms with Gasteiger partial charge in [-0.05, 0) is 52.9 Å². The Morgan fingerprint density at radius 1 is 1.05 bits per heavy atom. The topological polar surface area (TPSA) is 125 Å². The van der Waals surface area contributed by atoms with Gasteiger partial charge in [0.2, 0.25) is 0 Å². The molecule has 0 unspecified atom stereocenters. The highest BCUT2D eigenvalue weighted by molar-refractivity contribution is 7.99. The van der Waals surface area contributed by atoms with Gasteiger partial charge in [-0.15, -0.1) is 10.2 Å². The monoisotopic (exact) mass is 544 g/mol. The summed E-state index contributed by atoms with van der Waals surface area (Å²) >= 11 is 1.23. The van der Waals surface area contributed by atoms with Crippen LogP contribution in [-0.2, 0) is 10.2 Å². The third-order valence-electron chi connectivity index (χ3n) is 5.81. The average Bonchev–Trinajstić information content (AvgIpc) is 3.36. The molecular formula is C28H28N6O4S. The number of nitro benzene ring substituents is 1. The zero-order valence-electron chi connectivity index (χ0n) is 22.0. The van der Waals surface area contributed by atoms with E-state index in [0.29, 0.717) is 16.5 Å². The Labute approximate surface area is 230 Å². The lowest BCUT2D eigenvalue weighted by atomic mass is 9.87. The molecule has 0 atom stereocenters. The number of rotatable bonds is 9. The molecule has 0 aliphatic carbocycles. The summed E-state index contributed by atoms with van der Waals surface area (Å²) in [6.07, 6.45) is 1.42. The van der Waals surface area contributed by atoms with Gasteiger partial charge in [0.15, 0.2) is 11.0 Å². The molecule has 1 N–H and O–H groups in total. The van der Waals surface area contributed by atoms with Gasteiger partial charge in [0, 0.05) is 23.4 Å². The highest BCUT2D eigenvalue weighted by Crippen LogP contribution is 2.30. The average molecular weight is 545 g/mol. The minimum Gasteiger partial charge on any atom is -0.497 e. The van der Waals surface area contributed by atoms with Crippen LogP contribution in [-0.4, -0.2) is 44.7 Å². The molecule has 0 spiro atoms. The van der Waals surface area contributed by atoms with Crippen LogP contribution in [0.5, 0.6) is 5.75 Å². The molecule has 0 saturated heterocycles. The summed E-state index contributed by atoms with van der Waals surface area (Å²) in [5.41, 5.74) is 6.04. The molecule has 0 aliphatic heterocycles. The molecular weight excluding hydrogens is 516 g/mol. The Kier molecular flexibility index (Phi) is 8.40. The first-order valence-electron chi connectivity index (χ1n) is 12.1. The van der Waals surface area contributed by atoms with E-state index in [0.717, 1.165) is 17.0 Å². The Bertz CT molecular complexity index is 1470. The number of aromatic nitrogens is 3. The molecule has 200 valence electrons. The molecule has 0 aliphatic rings. The molecule has 10 nitrogen and oxygen atoms in total. The summed E-state index contributed by atoms with van der Waals surface area (Å²) in [6, 6.07) is 21.6. The van der Waals surface area contributed by atoms with E-state index >= 15 is 0 Å². The number of carbonyl (C=O) groups is 1. The van der Waals surface area contributed by atoms with E-state index in [2.05, 4.69) is 53.6 Å². The highest BCUT2D eigenvalue weighted by Gasteiger charge is 2.19. The number of amides is 1.